The lowest BCUT2D eigenvalue weighted by Crippen LogP contribution is -2.28. The molecule has 1 unspecified atom stereocenters. The molecule has 1 aliphatic heterocycles. The number of hydrogen-bond acceptors (Lipinski definition) is 4. The average Bonchev–Trinajstić information content (AvgIpc) is 2.62. The number of nitrogens with one attached hydrogen (secondary N) is 1. The van der Waals surface area contributed by atoms with E-state index in [2.05, 4.69) is 29.4 Å². The molecule has 4 nitrogen and oxygen atoms in total. The standard InChI is InChI=1S/C20H22ClN3OS/c1-20(11-12-26-19(22)24-20)15-4-2-3-14(13-15)5-10-18(25)23-17-8-6-16(21)7-9-17/h2-4,6-9,13H,5,10-12H2,1H3,(H2,22,24)(H,23,25). The molecule has 0 spiro atoms. The zero-order valence-corrected chi connectivity index (χ0v) is 16.2. The Morgan fingerprint density at radius 1 is 1.31 bits per heavy atom. The van der Waals surface area contributed by atoms with Crippen LogP contribution in [0.2, 0.25) is 5.02 Å². The number of halogens is 1. The minimum atomic E-state index is -0.281. The smallest absolute Gasteiger partial charge is 0.224 e. The maximum Gasteiger partial charge on any atom is 0.224 e. The molecule has 1 atom stereocenters. The van der Waals surface area contributed by atoms with Crippen molar-refractivity contribution < 1.29 is 4.79 Å². The van der Waals surface area contributed by atoms with Gasteiger partial charge < -0.3 is 11.1 Å². The summed E-state index contributed by atoms with van der Waals surface area (Å²) in [7, 11) is 0. The van der Waals surface area contributed by atoms with Crippen molar-refractivity contribution in [3.63, 3.8) is 0 Å². The predicted molar refractivity (Wildman–Crippen MR) is 111 cm³/mol. The highest BCUT2D eigenvalue weighted by Gasteiger charge is 2.29. The molecule has 0 aliphatic carbocycles. The highest BCUT2D eigenvalue weighted by Crippen LogP contribution is 2.35. The third-order valence-corrected chi connectivity index (χ3v) is 5.56. The van der Waals surface area contributed by atoms with Crippen LogP contribution in [0.15, 0.2) is 53.5 Å². The van der Waals surface area contributed by atoms with Gasteiger partial charge in [-0.05, 0) is 55.2 Å². The normalized spacial score (nSPS) is 19.7. The molecule has 3 rings (SSSR count). The van der Waals surface area contributed by atoms with Crippen molar-refractivity contribution in [3.8, 4) is 0 Å². The van der Waals surface area contributed by atoms with Crippen molar-refractivity contribution in [1.82, 2.24) is 0 Å². The summed E-state index contributed by atoms with van der Waals surface area (Å²) in [6.07, 6.45) is 2.06. The Morgan fingerprint density at radius 2 is 2.08 bits per heavy atom. The van der Waals surface area contributed by atoms with Gasteiger partial charge in [-0.1, -0.05) is 47.6 Å². The van der Waals surface area contributed by atoms with Gasteiger partial charge in [0.2, 0.25) is 5.91 Å². The maximum atomic E-state index is 12.2. The minimum Gasteiger partial charge on any atom is -0.379 e. The Labute approximate surface area is 163 Å². The molecule has 0 saturated heterocycles. The summed E-state index contributed by atoms with van der Waals surface area (Å²) in [5, 5.41) is 4.19. The van der Waals surface area contributed by atoms with Crippen LogP contribution in [0.3, 0.4) is 0 Å². The van der Waals surface area contributed by atoms with Crippen LogP contribution in [0, 0.1) is 0 Å². The lowest BCUT2D eigenvalue weighted by molar-refractivity contribution is -0.116. The third kappa shape index (κ3) is 4.80. The quantitative estimate of drug-likeness (QED) is 0.789. The number of thioether (sulfide) groups is 1. The van der Waals surface area contributed by atoms with Gasteiger partial charge in [0.25, 0.3) is 0 Å². The SMILES string of the molecule is CC1(c2cccc(CCC(=O)Nc3ccc(Cl)cc3)c2)CCSC(N)=N1. The second kappa shape index (κ2) is 8.14. The number of hydrogen-bond donors (Lipinski definition) is 2. The maximum absolute atomic E-state index is 12.2. The Balaban J connectivity index is 1.63. The molecule has 26 heavy (non-hydrogen) atoms. The zero-order valence-electron chi connectivity index (χ0n) is 14.7. The van der Waals surface area contributed by atoms with E-state index in [0.717, 1.165) is 29.0 Å². The zero-order chi connectivity index (χ0) is 18.6. The molecule has 0 aromatic heterocycles. The van der Waals surface area contributed by atoms with Gasteiger partial charge in [0.1, 0.15) is 0 Å². The molecule has 1 heterocycles. The lowest BCUT2D eigenvalue weighted by atomic mass is 9.88. The van der Waals surface area contributed by atoms with E-state index in [1.54, 1.807) is 36.0 Å². The predicted octanol–water partition coefficient (Wildman–Crippen LogP) is 4.58. The number of nitrogens with zero attached hydrogens (tertiary/aromatic N) is 1. The average molecular weight is 388 g/mol. The van der Waals surface area contributed by atoms with E-state index in [9.17, 15) is 4.79 Å². The molecular weight excluding hydrogens is 366 g/mol. The van der Waals surface area contributed by atoms with E-state index in [1.807, 2.05) is 12.1 Å². The largest absolute Gasteiger partial charge is 0.379 e. The molecule has 2 aromatic carbocycles. The van der Waals surface area contributed by atoms with Crippen LogP contribution >= 0.6 is 23.4 Å². The fourth-order valence-corrected chi connectivity index (χ4v) is 4.07. The molecule has 136 valence electrons. The van der Waals surface area contributed by atoms with Crippen LogP contribution in [0.25, 0.3) is 0 Å². The first kappa shape index (κ1) is 18.8. The van der Waals surface area contributed by atoms with E-state index in [0.29, 0.717) is 23.0 Å². The van der Waals surface area contributed by atoms with Gasteiger partial charge in [0.05, 0.1) is 5.54 Å². The first-order valence-electron chi connectivity index (χ1n) is 8.58. The topological polar surface area (TPSA) is 67.5 Å². The van der Waals surface area contributed by atoms with E-state index >= 15 is 0 Å². The number of aryl methyl sites for hydroxylation is 1. The van der Waals surface area contributed by atoms with Gasteiger partial charge in [-0.25, -0.2) is 0 Å². The molecule has 0 bridgehead atoms. The van der Waals surface area contributed by atoms with E-state index in [1.165, 1.54) is 0 Å². The first-order chi connectivity index (χ1) is 12.4. The Morgan fingerprint density at radius 3 is 2.81 bits per heavy atom. The van der Waals surface area contributed by atoms with Crippen molar-refractivity contribution in [2.75, 3.05) is 11.1 Å². The second-order valence-electron chi connectivity index (χ2n) is 6.58. The monoisotopic (exact) mass is 387 g/mol. The van der Waals surface area contributed by atoms with Crippen LogP contribution < -0.4 is 11.1 Å². The van der Waals surface area contributed by atoms with E-state index in [4.69, 9.17) is 17.3 Å². The van der Waals surface area contributed by atoms with Crippen LogP contribution in [-0.4, -0.2) is 16.8 Å². The molecule has 1 amide bonds. The van der Waals surface area contributed by atoms with Gasteiger partial charge >= 0.3 is 0 Å². The molecule has 0 fully saturated rings. The van der Waals surface area contributed by atoms with Crippen molar-refractivity contribution in [1.29, 1.82) is 0 Å². The molecule has 2 aromatic rings. The summed E-state index contributed by atoms with van der Waals surface area (Å²) in [6, 6.07) is 15.4. The van der Waals surface area contributed by atoms with Crippen LogP contribution in [0.1, 0.15) is 30.9 Å². The highest BCUT2D eigenvalue weighted by molar-refractivity contribution is 8.13. The van der Waals surface area contributed by atoms with E-state index in [-0.39, 0.29) is 11.4 Å². The fourth-order valence-electron chi connectivity index (χ4n) is 2.97. The number of aliphatic imine (C=N–C) groups is 1. The molecule has 3 N–H and O–H groups in total. The number of anilines is 1. The summed E-state index contributed by atoms with van der Waals surface area (Å²) in [5.74, 6) is 0.958. The summed E-state index contributed by atoms with van der Waals surface area (Å²) >= 11 is 7.46. The first-order valence-corrected chi connectivity index (χ1v) is 9.94. The number of amides is 1. The van der Waals surface area contributed by atoms with Crippen molar-refractivity contribution in [3.05, 3.63) is 64.7 Å². The number of nitrogens with two attached hydrogens (primary N) is 1. The Bertz CT molecular complexity index is 822. The number of rotatable bonds is 5. The van der Waals surface area contributed by atoms with Crippen LogP contribution in [-0.2, 0) is 16.8 Å². The number of amidine groups is 1. The van der Waals surface area contributed by atoms with Gasteiger partial charge in [-0.3, -0.25) is 9.79 Å². The van der Waals surface area contributed by atoms with Crippen molar-refractivity contribution in [2.45, 2.75) is 31.7 Å². The van der Waals surface area contributed by atoms with Gasteiger partial charge in [-0.2, -0.15) is 0 Å². The number of benzene rings is 2. The van der Waals surface area contributed by atoms with Crippen molar-refractivity contribution >= 4 is 40.1 Å². The number of carbonyl (C=O) groups is 1. The van der Waals surface area contributed by atoms with Crippen molar-refractivity contribution in [2.24, 2.45) is 10.7 Å². The van der Waals surface area contributed by atoms with Crippen LogP contribution in [0.4, 0.5) is 5.69 Å². The molecule has 6 heteroatoms. The Hall–Kier alpha value is -1.98. The highest BCUT2D eigenvalue weighted by atomic mass is 35.5. The van der Waals surface area contributed by atoms with Gasteiger partial charge in [0, 0.05) is 22.9 Å². The number of carbonyl (C=O) groups excluding carboxylic acids is 1. The van der Waals surface area contributed by atoms with Gasteiger partial charge in [0.15, 0.2) is 5.17 Å². The lowest BCUT2D eigenvalue weighted by Gasteiger charge is -2.30. The second-order valence-corrected chi connectivity index (χ2v) is 8.13. The summed E-state index contributed by atoms with van der Waals surface area (Å²) in [5.41, 5.74) is 8.67. The molecule has 1 aliphatic rings. The third-order valence-electron chi connectivity index (χ3n) is 4.51. The summed E-state index contributed by atoms with van der Waals surface area (Å²) < 4.78 is 0. The summed E-state index contributed by atoms with van der Waals surface area (Å²) in [6.45, 7) is 2.12. The van der Waals surface area contributed by atoms with E-state index < -0.39 is 0 Å². The fraction of sp³-hybridized carbons (Fsp3) is 0.300. The molecular formula is C20H22ClN3OS. The molecule has 0 saturated carbocycles. The van der Waals surface area contributed by atoms with Gasteiger partial charge in [-0.15, -0.1) is 0 Å². The minimum absolute atomic E-state index is 0.0136. The van der Waals surface area contributed by atoms with Crippen LogP contribution in [0.5, 0.6) is 0 Å². The summed E-state index contributed by atoms with van der Waals surface area (Å²) in [4.78, 5) is 16.8. The Kier molecular flexibility index (Phi) is 5.89. The molecule has 0 radical (unpaired) electrons.